The summed E-state index contributed by atoms with van der Waals surface area (Å²) in [5, 5.41) is 21.7. The lowest BCUT2D eigenvalue weighted by Gasteiger charge is -2.25. The molecule has 1 N–H and O–H groups in total. The van der Waals surface area contributed by atoms with Crippen molar-refractivity contribution < 1.29 is 14.6 Å². The third-order valence-electron chi connectivity index (χ3n) is 5.50. The number of benzene rings is 1. The van der Waals surface area contributed by atoms with Crippen LogP contribution in [0.25, 0.3) is 10.6 Å². The molecule has 1 fully saturated rings. The Labute approximate surface area is 179 Å². The van der Waals surface area contributed by atoms with E-state index in [2.05, 4.69) is 11.1 Å². The molecule has 2 heterocycles. The van der Waals surface area contributed by atoms with Gasteiger partial charge in [0.15, 0.2) is 0 Å². The summed E-state index contributed by atoms with van der Waals surface area (Å²) in [7, 11) is 0. The van der Waals surface area contributed by atoms with Gasteiger partial charge in [-0.2, -0.15) is 5.26 Å². The van der Waals surface area contributed by atoms with Crippen molar-refractivity contribution in [3.8, 4) is 22.5 Å². The molecular formula is C24H22N2O3S. The zero-order chi connectivity index (χ0) is 20.9. The van der Waals surface area contributed by atoms with E-state index in [1.54, 1.807) is 35.6 Å². The molecule has 1 aliphatic rings. The number of aromatic nitrogens is 1. The molecule has 0 saturated heterocycles. The van der Waals surface area contributed by atoms with Crippen LogP contribution in [0.15, 0.2) is 53.9 Å². The average Bonchev–Trinajstić information content (AvgIpc) is 3.33. The van der Waals surface area contributed by atoms with Gasteiger partial charge in [0.1, 0.15) is 11.6 Å². The number of hydrogen-bond donors (Lipinski definition) is 1. The Bertz CT molecular complexity index is 1050. The van der Waals surface area contributed by atoms with Crippen molar-refractivity contribution >= 4 is 17.3 Å². The average molecular weight is 419 g/mol. The van der Waals surface area contributed by atoms with Crippen LogP contribution in [0.4, 0.5) is 0 Å². The third-order valence-corrected chi connectivity index (χ3v) is 6.40. The zero-order valence-electron chi connectivity index (χ0n) is 16.5. The van der Waals surface area contributed by atoms with Gasteiger partial charge in [-0.15, -0.1) is 11.3 Å². The summed E-state index contributed by atoms with van der Waals surface area (Å²) >= 11 is 1.56. The SMILES string of the molecule is N#Cc1c(C2CCCCC2)cc(-c2cccs2)nc1OC(C(=O)O)c1ccccc1. The summed E-state index contributed by atoms with van der Waals surface area (Å²) in [5.41, 5.74) is 2.50. The molecule has 0 radical (unpaired) electrons. The minimum Gasteiger partial charge on any atom is -0.478 e. The molecule has 4 rings (SSSR count). The van der Waals surface area contributed by atoms with Gasteiger partial charge in [-0.05, 0) is 41.8 Å². The molecule has 0 spiro atoms. The Balaban J connectivity index is 1.81. The second-order valence-electron chi connectivity index (χ2n) is 7.45. The molecule has 0 aliphatic heterocycles. The summed E-state index contributed by atoms with van der Waals surface area (Å²) in [6.45, 7) is 0. The summed E-state index contributed by atoms with van der Waals surface area (Å²) in [6.07, 6.45) is 4.27. The molecule has 0 bridgehead atoms. The number of rotatable bonds is 6. The first-order valence-electron chi connectivity index (χ1n) is 10.1. The molecule has 152 valence electrons. The van der Waals surface area contributed by atoms with Gasteiger partial charge in [-0.25, -0.2) is 9.78 Å². The number of hydrogen-bond acceptors (Lipinski definition) is 5. The number of aliphatic carboxylic acids is 1. The number of thiophene rings is 1. The first kappa shape index (κ1) is 20.1. The fraction of sp³-hybridized carbons (Fsp3) is 0.292. The van der Waals surface area contributed by atoms with Crippen LogP contribution in [0.3, 0.4) is 0 Å². The molecule has 6 heteroatoms. The number of ether oxygens (including phenoxy) is 1. The third kappa shape index (κ3) is 4.22. The van der Waals surface area contributed by atoms with Crippen LogP contribution in [0.1, 0.15) is 60.8 Å². The lowest BCUT2D eigenvalue weighted by atomic mass is 9.82. The topological polar surface area (TPSA) is 83.2 Å². The number of carboxylic acid groups (broad SMARTS) is 1. The van der Waals surface area contributed by atoms with E-state index in [1.807, 2.05) is 29.6 Å². The second kappa shape index (κ2) is 9.10. The summed E-state index contributed by atoms with van der Waals surface area (Å²) in [4.78, 5) is 17.5. The van der Waals surface area contributed by atoms with Crippen LogP contribution in [-0.2, 0) is 4.79 Å². The Morgan fingerprint density at radius 2 is 1.93 bits per heavy atom. The van der Waals surface area contributed by atoms with Gasteiger partial charge < -0.3 is 9.84 Å². The number of carboxylic acids is 1. The van der Waals surface area contributed by atoms with E-state index in [0.717, 1.165) is 41.8 Å². The van der Waals surface area contributed by atoms with E-state index in [1.165, 1.54) is 6.42 Å². The fourth-order valence-electron chi connectivity index (χ4n) is 4.02. The Hall–Kier alpha value is -3.17. The zero-order valence-corrected chi connectivity index (χ0v) is 17.3. The van der Waals surface area contributed by atoms with Gasteiger partial charge >= 0.3 is 5.97 Å². The molecular weight excluding hydrogens is 396 g/mol. The maximum absolute atomic E-state index is 12.0. The second-order valence-corrected chi connectivity index (χ2v) is 8.40. The van der Waals surface area contributed by atoms with Crippen LogP contribution in [0, 0.1) is 11.3 Å². The quantitative estimate of drug-likeness (QED) is 0.536. The number of nitrogens with zero attached hydrogens (tertiary/aromatic N) is 2. The minimum atomic E-state index is -1.23. The standard InChI is InChI=1S/C24H22N2O3S/c25-15-19-18(16-8-3-1-4-9-16)14-20(21-12-7-13-30-21)26-23(19)29-22(24(27)28)17-10-5-2-6-11-17/h2,5-7,10-14,16,22H,1,3-4,8-9H2,(H,27,28). The van der Waals surface area contributed by atoms with Gasteiger partial charge in [0.05, 0.1) is 10.6 Å². The summed E-state index contributed by atoms with van der Waals surface area (Å²) in [5.74, 6) is -0.759. The Morgan fingerprint density at radius 3 is 2.57 bits per heavy atom. The molecule has 1 atom stereocenters. The molecule has 2 aromatic heterocycles. The van der Waals surface area contributed by atoms with E-state index in [0.29, 0.717) is 11.1 Å². The van der Waals surface area contributed by atoms with Gasteiger partial charge in [-0.3, -0.25) is 0 Å². The van der Waals surface area contributed by atoms with Crippen LogP contribution >= 0.6 is 11.3 Å². The van der Waals surface area contributed by atoms with Crippen molar-refractivity contribution in [2.45, 2.75) is 44.1 Å². The van der Waals surface area contributed by atoms with E-state index in [-0.39, 0.29) is 11.8 Å². The molecule has 1 aliphatic carbocycles. The molecule has 0 amide bonds. The molecule has 1 aromatic carbocycles. The van der Waals surface area contributed by atoms with Crippen molar-refractivity contribution in [3.05, 3.63) is 70.6 Å². The summed E-state index contributed by atoms with van der Waals surface area (Å²) in [6, 6.07) is 16.9. The van der Waals surface area contributed by atoms with Gasteiger partial charge in [0, 0.05) is 5.56 Å². The van der Waals surface area contributed by atoms with Gasteiger partial charge in [0.25, 0.3) is 0 Å². The van der Waals surface area contributed by atoms with E-state index in [4.69, 9.17) is 4.74 Å². The van der Waals surface area contributed by atoms with Crippen LogP contribution in [-0.4, -0.2) is 16.1 Å². The minimum absolute atomic E-state index is 0.0974. The maximum Gasteiger partial charge on any atom is 0.349 e. The number of carbonyl (C=O) groups is 1. The van der Waals surface area contributed by atoms with Crippen LogP contribution < -0.4 is 4.74 Å². The van der Waals surface area contributed by atoms with Crippen LogP contribution in [0.5, 0.6) is 5.88 Å². The normalized spacial score (nSPS) is 15.3. The molecule has 1 saturated carbocycles. The highest BCUT2D eigenvalue weighted by atomic mass is 32.1. The van der Waals surface area contributed by atoms with Crippen LogP contribution in [0.2, 0.25) is 0 Å². The summed E-state index contributed by atoms with van der Waals surface area (Å²) < 4.78 is 5.93. The predicted molar refractivity (Wildman–Crippen MR) is 116 cm³/mol. The fourth-order valence-corrected chi connectivity index (χ4v) is 4.71. The molecule has 3 aromatic rings. The lowest BCUT2D eigenvalue weighted by molar-refractivity contribution is -0.145. The van der Waals surface area contributed by atoms with Crippen molar-refractivity contribution in [3.63, 3.8) is 0 Å². The lowest BCUT2D eigenvalue weighted by Crippen LogP contribution is -2.20. The Morgan fingerprint density at radius 1 is 1.17 bits per heavy atom. The number of nitriles is 1. The highest BCUT2D eigenvalue weighted by molar-refractivity contribution is 7.13. The molecule has 1 unspecified atom stereocenters. The molecule has 5 nitrogen and oxygen atoms in total. The van der Waals surface area contributed by atoms with Gasteiger partial charge in [0.2, 0.25) is 12.0 Å². The maximum atomic E-state index is 12.0. The molecule has 30 heavy (non-hydrogen) atoms. The number of pyridine rings is 1. The smallest absolute Gasteiger partial charge is 0.349 e. The van der Waals surface area contributed by atoms with Crippen molar-refractivity contribution in [2.75, 3.05) is 0 Å². The highest BCUT2D eigenvalue weighted by Gasteiger charge is 2.28. The van der Waals surface area contributed by atoms with E-state index >= 15 is 0 Å². The monoisotopic (exact) mass is 418 g/mol. The van der Waals surface area contributed by atoms with E-state index < -0.39 is 12.1 Å². The largest absolute Gasteiger partial charge is 0.478 e. The predicted octanol–water partition coefficient (Wildman–Crippen LogP) is 5.93. The first-order chi connectivity index (χ1) is 14.7. The van der Waals surface area contributed by atoms with Crippen molar-refractivity contribution in [1.29, 1.82) is 5.26 Å². The van der Waals surface area contributed by atoms with Crippen molar-refractivity contribution in [1.82, 2.24) is 4.98 Å². The Kier molecular flexibility index (Phi) is 6.10. The van der Waals surface area contributed by atoms with E-state index in [9.17, 15) is 15.2 Å². The first-order valence-corrected chi connectivity index (χ1v) is 11.0. The van der Waals surface area contributed by atoms with Gasteiger partial charge in [-0.1, -0.05) is 55.7 Å². The highest BCUT2D eigenvalue weighted by Crippen LogP contribution is 2.40. The van der Waals surface area contributed by atoms with Crippen molar-refractivity contribution in [2.24, 2.45) is 0 Å².